The number of hydrogen-bond donors (Lipinski definition) is 0. The van der Waals surface area contributed by atoms with Gasteiger partial charge in [0.2, 0.25) is 0 Å². The van der Waals surface area contributed by atoms with Gasteiger partial charge < -0.3 is 28.5 Å². The minimum Gasteiger partial charge on any atom is -1.00 e. The molecule has 0 amide bonds. The summed E-state index contributed by atoms with van der Waals surface area (Å²) in [6, 6.07) is 0. The average Bonchev–Trinajstić information content (AvgIpc) is 0.722. The standard InChI is InChI=1S/C4H12N.4HI/c1-5(2,3)4;;;;/h1-4H3;4*1H/q+1;;;;/p-1. The van der Waals surface area contributed by atoms with Crippen molar-refractivity contribution in [3.63, 3.8) is 0 Å². The molecule has 0 aliphatic heterocycles. The summed E-state index contributed by atoms with van der Waals surface area (Å²) in [6.45, 7) is 0. The topological polar surface area (TPSA) is 0 Å². The van der Waals surface area contributed by atoms with E-state index in [9.17, 15) is 0 Å². The molecule has 0 fully saturated rings. The van der Waals surface area contributed by atoms with E-state index in [1.807, 2.05) is 0 Å². The van der Waals surface area contributed by atoms with E-state index in [-0.39, 0.29) is 95.9 Å². The number of halogens is 4. The van der Waals surface area contributed by atoms with E-state index in [4.69, 9.17) is 0 Å². The van der Waals surface area contributed by atoms with Crippen LogP contribution in [-0.2, 0) is 0 Å². The van der Waals surface area contributed by atoms with Crippen LogP contribution in [-0.4, -0.2) is 32.7 Å². The molecule has 0 heterocycles. The predicted molar refractivity (Wildman–Crippen MR) is 70.2 cm³/mol. The van der Waals surface area contributed by atoms with Crippen LogP contribution in [0.15, 0.2) is 0 Å². The third-order valence-electron chi connectivity index (χ3n) is 0. The monoisotopic (exact) mass is 585 g/mol. The van der Waals surface area contributed by atoms with Gasteiger partial charge in [-0.1, -0.05) is 0 Å². The van der Waals surface area contributed by atoms with Crippen molar-refractivity contribution in [2.45, 2.75) is 0 Å². The van der Waals surface area contributed by atoms with Crippen molar-refractivity contribution in [1.82, 2.24) is 0 Å². The Morgan fingerprint density at radius 2 is 0.667 bits per heavy atom. The Kier molecular flexibility index (Phi) is 44.5. The quantitative estimate of drug-likeness (QED) is 0.258. The van der Waals surface area contributed by atoms with Gasteiger partial charge in [-0.05, 0) is 0 Å². The summed E-state index contributed by atoms with van der Waals surface area (Å²) in [5.41, 5.74) is 0. The number of nitrogens with zero attached hydrogens (tertiary/aromatic N) is 1. The number of rotatable bonds is 0. The maximum Gasteiger partial charge on any atom is 0.0675 e. The SMILES string of the molecule is C[N+](C)(C)C.I.I.I.[I-]. The van der Waals surface area contributed by atoms with Gasteiger partial charge in [0, 0.05) is 0 Å². The van der Waals surface area contributed by atoms with Crippen LogP contribution < -0.4 is 24.0 Å². The van der Waals surface area contributed by atoms with E-state index in [0.29, 0.717) is 0 Å². The molecule has 0 unspecified atom stereocenters. The lowest BCUT2D eigenvalue weighted by Gasteiger charge is -2.14. The lowest BCUT2D eigenvalue weighted by molar-refractivity contribution is -0.849. The van der Waals surface area contributed by atoms with E-state index in [1.54, 1.807) is 0 Å². The largest absolute Gasteiger partial charge is 1.00 e. The smallest absolute Gasteiger partial charge is 0.0675 e. The highest BCUT2D eigenvalue weighted by molar-refractivity contribution is 14.0. The van der Waals surface area contributed by atoms with Crippen molar-refractivity contribution in [3.8, 4) is 0 Å². The van der Waals surface area contributed by atoms with Crippen molar-refractivity contribution in [3.05, 3.63) is 0 Å². The van der Waals surface area contributed by atoms with Gasteiger partial charge in [-0.15, -0.1) is 71.9 Å². The highest BCUT2D eigenvalue weighted by Gasteiger charge is 1.88. The fourth-order valence-corrected chi connectivity index (χ4v) is 0. The molecule has 0 saturated heterocycles. The van der Waals surface area contributed by atoms with Gasteiger partial charge in [0.15, 0.2) is 0 Å². The molecule has 0 bridgehead atoms. The second-order valence-electron chi connectivity index (χ2n) is 2.68. The molecule has 0 radical (unpaired) electrons. The second kappa shape index (κ2) is 13.5. The van der Waals surface area contributed by atoms with E-state index >= 15 is 0 Å². The molecule has 0 aromatic carbocycles. The molecule has 0 rings (SSSR count). The first-order chi connectivity index (χ1) is 2.00. The summed E-state index contributed by atoms with van der Waals surface area (Å²) in [4.78, 5) is 0. The summed E-state index contributed by atoms with van der Waals surface area (Å²) in [5, 5.41) is 0. The van der Waals surface area contributed by atoms with Gasteiger partial charge in [-0.2, -0.15) is 0 Å². The molecule has 0 saturated carbocycles. The molecule has 9 heavy (non-hydrogen) atoms. The first-order valence-electron chi connectivity index (χ1n) is 1.79. The zero-order valence-electron chi connectivity index (χ0n) is 6.05. The Morgan fingerprint density at radius 1 is 0.667 bits per heavy atom. The van der Waals surface area contributed by atoms with Crippen molar-refractivity contribution in [2.75, 3.05) is 28.2 Å². The van der Waals surface area contributed by atoms with Crippen LogP contribution in [0, 0.1) is 0 Å². The van der Waals surface area contributed by atoms with Gasteiger partial charge in [-0.25, -0.2) is 0 Å². The highest BCUT2D eigenvalue weighted by Crippen LogP contribution is 1.73. The van der Waals surface area contributed by atoms with Crippen molar-refractivity contribution < 1.29 is 28.5 Å². The third kappa shape index (κ3) is 103. The zero-order valence-corrected chi connectivity index (χ0v) is 15.2. The summed E-state index contributed by atoms with van der Waals surface area (Å²) in [6.07, 6.45) is 0. The van der Waals surface area contributed by atoms with Gasteiger partial charge in [0.05, 0.1) is 28.2 Å². The van der Waals surface area contributed by atoms with Crippen molar-refractivity contribution in [2.24, 2.45) is 0 Å². The first-order valence-corrected chi connectivity index (χ1v) is 1.79. The number of hydrogen-bond acceptors (Lipinski definition) is 0. The van der Waals surface area contributed by atoms with E-state index < -0.39 is 0 Å². The van der Waals surface area contributed by atoms with Crippen LogP contribution in [0.2, 0.25) is 0 Å². The minimum absolute atomic E-state index is 0. The summed E-state index contributed by atoms with van der Waals surface area (Å²) < 4.78 is 1.00. The first kappa shape index (κ1) is 29.7. The highest BCUT2D eigenvalue weighted by atomic mass is 127. The third-order valence-corrected chi connectivity index (χ3v) is 0. The molecule has 0 aromatic heterocycles. The Balaban J connectivity index is -0.0000000133. The van der Waals surface area contributed by atoms with Crippen LogP contribution in [0.1, 0.15) is 0 Å². The molecule has 0 N–H and O–H groups in total. The van der Waals surface area contributed by atoms with Gasteiger partial charge in [0.25, 0.3) is 0 Å². The van der Waals surface area contributed by atoms with Crippen LogP contribution in [0.3, 0.4) is 0 Å². The molecular formula is C4H15I4N. The summed E-state index contributed by atoms with van der Waals surface area (Å²) in [5.74, 6) is 0. The minimum atomic E-state index is 0. The normalized spacial score (nSPS) is 6.67. The molecule has 0 spiro atoms. The Hall–Kier alpha value is 2.88. The summed E-state index contributed by atoms with van der Waals surface area (Å²) in [7, 11) is 8.50. The molecule has 0 aromatic rings. The summed E-state index contributed by atoms with van der Waals surface area (Å²) >= 11 is 0. The molecule has 0 atom stereocenters. The fourth-order valence-electron chi connectivity index (χ4n) is 0. The van der Waals surface area contributed by atoms with Gasteiger partial charge in [-0.3, -0.25) is 0 Å². The molecule has 0 aliphatic rings. The average molecular weight is 585 g/mol. The van der Waals surface area contributed by atoms with E-state index in [1.165, 1.54) is 0 Å². The molecule has 64 valence electrons. The van der Waals surface area contributed by atoms with Gasteiger partial charge >= 0.3 is 0 Å². The maximum absolute atomic E-state index is 2.12. The van der Waals surface area contributed by atoms with Crippen molar-refractivity contribution in [1.29, 1.82) is 0 Å². The lowest BCUT2D eigenvalue weighted by atomic mass is 10.8. The Labute approximate surface area is 126 Å². The van der Waals surface area contributed by atoms with Crippen LogP contribution in [0.4, 0.5) is 0 Å². The van der Waals surface area contributed by atoms with Gasteiger partial charge in [0.1, 0.15) is 0 Å². The molecular weight excluding hydrogens is 570 g/mol. The molecule has 5 heteroatoms. The van der Waals surface area contributed by atoms with Crippen LogP contribution >= 0.6 is 71.9 Å². The fraction of sp³-hybridized carbons (Fsp3) is 1.00. The predicted octanol–water partition coefficient (Wildman–Crippen LogP) is -0.820. The lowest BCUT2D eigenvalue weighted by Crippen LogP contribution is -3.00. The molecule has 0 aliphatic carbocycles. The van der Waals surface area contributed by atoms with Crippen LogP contribution in [0.5, 0.6) is 0 Å². The van der Waals surface area contributed by atoms with E-state index in [2.05, 4.69) is 28.2 Å². The zero-order chi connectivity index (χ0) is 4.50. The van der Waals surface area contributed by atoms with Crippen LogP contribution in [0.25, 0.3) is 0 Å². The Morgan fingerprint density at radius 3 is 0.667 bits per heavy atom. The maximum atomic E-state index is 2.12. The number of quaternary nitrogens is 1. The molecule has 1 nitrogen and oxygen atoms in total. The van der Waals surface area contributed by atoms with E-state index in [0.717, 1.165) is 4.48 Å². The Bertz CT molecular complexity index is 28.0. The van der Waals surface area contributed by atoms with Crippen molar-refractivity contribution >= 4 is 71.9 Å². The second-order valence-corrected chi connectivity index (χ2v) is 2.68.